The lowest BCUT2D eigenvalue weighted by Gasteiger charge is -2.25. The minimum Gasteiger partial charge on any atom is -0.473 e. The first-order valence-electron chi connectivity index (χ1n) is 20.0. The van der Waals surface area contributed by atoms with Crippen LogP contribution in [0.25, 0.3) is 5.76 Å². The Hall–Kier alpha value is -4.32. The number of halogens is 1. The summed E-state index contributed by atoms with van der Waals surface area (Å²) in [6.07, 6.45) is 15.8. The van der Waals surface area contributed by atoms with Crippen LogP contribution in [0.4, 0.5) is 4.39 Å². The molecule has 0 amide bonds. The normalized spacial score (nSPS) is 13.6. The van der Waals surface area contributed by atoms with E-state index in [-0.39, 0.29) is 6.61 Å². The Bertz CT molecular complexity index is 1620. The van der Waals surface area contributed by atoms with Crippen LogP contribution in [0.1, 0.15) is 146 Å². The molecule has 1 aliphatic heterocycles. The highest BCUT2D eigenvalue weighted by atomic mass is 19.1. The summed E-state index contributed by atoms with van der Waals surface area (Å²) >= 11 is 0. The molecule has 2 heterocycles. The molecular formula is C47H68FN3O4. The highest BCUT2D eigenvalue weighted by Crippen LogP contribution is 2.26. The van der Waals surface area contributed by atoms with E-state index in [1.807, 2.05) is 50.2 Å². The van der Waals surface area contributed by atoms with Crippen LogP contribution in [0.5, 0.6) is 5.88 Å². The highest BCUT2D eigenvalue weighted by Gasteiger charge is 2.16. The van der Waals surface area contributed by atoms with Crippen molar-refractivity contribution in [2.45, 2.75) is 139 Å². The fraction of sp³-hybridized carbons (Fsp3) is 0.511. The Kier molecular flexibility index (Phi) is 25.7. The maximum Gasteiger partial charge on any atom is 0.213 e. The van der Waals surface area contributed by atoms with Gasteiger partial charge < -0.3 is 14.3 Å². The van der Waals surface area contributed by atoms with Crippen molar-refractivity contribution in [3.63, 3.8) is 0 Å². The lowest BCUT2D eigenvalue weighted by Crippen LogP contribution is -2.26. The number of hydroxylamine groups is 1. The van der Waals surface area contributed by atoms with Gasteiger partial charge in [-0.2, -0.15) is 10.7 Å². The number of nitriles is 1. The van der Waals surface area contributed by atoms with Crippen LogP contribution >= 0.6 is 0 Å². The molecule has 0 radical (unpaired) electrons. The SMILES string of the molecule is C/C=C(\C)CC(C)C.CCCC(CCC)c1cccc(OCc2ccc(C#N)cc2F)n1.CCCCC1CCO1.CNO/C(=C\C=O)c1ccc(C)c(C)c1. The number of unbranched alkanes of at least 4 members (excludes halogenated alkanes) is 1. The summed E-state index contributed by atoms with van der Waals surface area (Å²) in [6, 6.07) is 18.0. The number of hydrogen-bond acceptors (Lipinski definition) is 7. The van der Waals surface area contributed by atoms with Crippen molar-refractivity contribution in [3.05, 3.63) is 112 Å². The van der Waals surface area contributed by atoms with Gasteiger partial charge in [-0.1, -0.05) is 96.2 Å². The molecule has 0 aliphatic carbocycles. The third-order valence-corrected chi connectivity index (χ3v) is 9.11. The Morgan fingerprint density at radius 1 is 1.05 bits per heavy atom. The van der Waals surface area contributed by atoms with Gasteiger partial charge in [-0.25, -0.2) is 9.37 Å². The van der Waals surface area contributed by atoms with E-state index in [1.54, 1.807) is 25.2 Å². The molecule has 302 valence electrons. The molecule has 1 N–H and O–H groups in total. The second-order valence-electron chi connectivity index (χ2n) is 14.3. The Labute approximate surface area is 332 Å². The largest absolute Gasteiger partial charge is 0.473 e. The summed E-state index contributed by atoms with van der Waals surface area (Å²) in [5.74, 6) is 1.85. The van der Waals surface area contributed by atoms with E-state index >= 15 is 0 Å². The molecule has 0 spiro atoms. The number of aryl methyl sites for hydroxylation is 2. The standard InChI is InChI=1S/C20H23FN2O.C12H15NO2.C8H16.C7H14O/c1-3-6-16(7-4-2)19-8-5-9-20(23-19)24-14-17-11-10-15(13-22)12-18(17)21;1-9-4-5-11(8-10(9)2)12(6-7-14)15-13-3;1-5-8(4)6-7(2)3;1-2-3-4-7-5-6-8-7/h5,8-12,16H,3-4,6-7,14H2,1-2H3;4-8,13H,1-3H3;5,7H,6H2,1-4H3;7H,2-6H2,1H3/b;12-6-;8-5+;. The summed E-state index contributed by atoms with van der Waals surface area (Å²) in [5.41, 5.74) is 9.09. The smallest absolute Gasteiger partial charge is 0.213 e. The maximum absolute atomic E-state index is 13.9. The van der Waals surface area contributed by atoms with Crippen molar-refractivity contribution in [3.8, 4) is 11.9 Å². The number of nitrogens with one attached hydrogen (secondary N) is 1. The van der Waals surface area contributed by atoms with Gasteiger partial charge in [0.05, 0.1) is 17.7 Å². The zero-order valence-electron chi connectivity index (χ0n) is 35.3. The van der Waals surface area contributed by atoms with Crippen LogP contribution in [-0.4, -0.2) is 31.0 Å². The van der Waals surface area contributed by atoms with Crippen molar-refractivity contribution >= 4 is 12.0 Å². The van der Waals surface area contributed by atoms with Crippen molar-refractivity contribution in [1.82, 2.24) is 10.5 Å². The summed E-state index contributed by atoms with van der Waals surface area (Å²) < 4.78 is 24.8. The average molecular weight is 758 g/mol. The van der Waals surface area contributed by atoms with Gasteiger partial charge in [0.1, 0.15) is 18.7 Å². The molecule has 0 bridgehead atoms. The van der Waals surface area contributed by atoms with Gasteiger partial charge in [0.15, 0.2) is 5.76 Å². The zero-order valence-corrected chi connectivity index (χ0v) is 35.3. The maximum atomic E-state index is 13.9. The first-order valence-corrected chi connectivity index (χ1v) is 20.0. The number of carbonyl (C=O) groups excluding carboxylic acids is 1. The number of ether oxygens (including phenoxy) is 2. The number of nitrogens with zero attached hydrogens (tertiary/aromatic N) is 2. The molecule has 1 unspecified atom stereocenters. The molecule has 0 saturated carbocycles. The van der Waals surface area contributed by atoms with Crippen LogP contribution in [0.15, 0.2) is 72.3 Å². The molecule has 1 fully saturated rings. The average Bonchev–Trinajstić information content (AvgIpc) is 3.15. The first kappa shape index (κ1) is 48.7. The van der Waals surface area contributed by atoms with Gasteiger partial charge in [-0.3, -0.25) is 4.79 Å². The molecule has 1 aromatic heterocycles. The second-order valence-corrected chi connectivity index (χ2v) is 14.3. The Morgan fingerprint density at radius 2 is 1.76 bits per heavy atom. The van der Waals surface area contributed by atoms with Gasteiger partial charge in [-0.15, -0.1) is 0 Å². The number of rotatable bonds is 17. The van der Waals surface area contributed by atoms with Crippen LogP contribution in [0.3, 0.4) is 0 Å². The van der Waals surface area contributed by atoms with Crippen molar-refractivity contribution in [2.75, 3.05) is 13.7 Å². The molecule has 1 atom stereocenters. The molecule has 7 nitrogen and oxygen atoms in total. The van der Waals surface area contributed by atoms with Gasteiger partial charge >= 0.3 is 0 Å². The number of hydrogen-bond donors (Lipinski definition) is 1. The van der Waals surface area contributed by atoms with E-state index in [2.05, 4.69) is 65.0 Å². The quantitative estimate of drug-likeness (QED) is 0.0482. The predicted molar refractivity (Wildman–Crippen MR) is 225 cm³/mol. The lowest BCUT2D eigenvalue weighted by atomic mass is 9.94. The van der Waals surface area contributed by atoms with Crippen molar-refractivity contribution < 1.29 is 23.5 Å². The summed E-state index contributed by atoms with van der Waals surface area (Å²) in [6.45, 7) is 20.5. The summed E-state index contributed by atoms with van der Waals surface area (Å²) in [7, 11) is 1.65. The van der Waals surface area contributed by atoms with Crippen molar-refractivity contribution in [1.29, 1.82) is 5.26 Å². The van der Waals surface area contributed by atoms with Crippen molar-refractivity contribution in [2.24, 2.45) is 5.92 Å². The number of carbonyl (C=O) groups is 1. The lowest BCUT2D eigenvalue weighted by molar-refractivity contribution is -0.104. The van der Waals surface area contributed by atoms with Gasteiger partial charge in [-0.05, 0) is 101 Å². The van der Waals surface area contributed by atoms with Gasteiger partial charge in [0, 0.05) is 48.5 Å². The molecule has 1 saturated heterocycles. The third-order valence-electron chi connectivity index (χ3n) is 9.11. The monoisotopic (exact) mass is 758 g/mol. The van der Waals surface area contributed by atoms with E-state index in [1.165, 1.54) is 60.9 Å². The van der Waals surface area contributed by atoms with E-state index < -0.39 is 5.82 Å². The number of pyridine rings is 1. The second kappa shape index (κ2) is 29.0. The first-order chi connectivity index (χ1) is 26.5. The number of benzene rings is 2. The fourth-order valence-electron chi connectivity index (χ4n) is 5.72. The van der Waals surface area contributed by atoms with Crippen LogP contribution < -0.4 is 10.2 Å². The van der Waals surface area contributed by atoms with E-state index in [9.17, 15) is 9.18 Å². The zero-order chi connectivity index (χ0) is 41.0. The third kappa shape index (κ3) is 20.3. The molecule has 8 heteroatoms. The molecular weight excluding hydrogens is 690 g/mol. The number of aromatic nitrogens is 1. The van der Waals surface area contributed by atoms with Crippen LogP contribution in [-0.2, 0) is 21.0 Å². The Morgan fingerprint density at radius 3 is 2.25 bits per heavy atom. The number of aldehydes is 1. The fourth-order valence-corrected chi connectivity index (χ4v) is 5.72. The minimum atomic E-state index is -0.431. The van der Waals surface area contributed by atoms with Gasteiger partial charge in [0.2, 0.25) is 5.88 Å². The van der Waals surface area contributed by atoms with Gasteiger partial charge in [0.25, 0.3) is 0 Å². The summed E-state index contributed by atoms with van der Waals surface area (Å²) in [4.78, 5) is 20.2. The van der Waals surface area contributed by atoms with Crippen LogP contribution in [0, 0.1) is 36.9 Å². The molecule has 2 aromatic carbocycles. The minimum absolute atomic E-state index is 0.0974. The van der Waals surface area contributed by atoms with E-state index in [0.717, 1.165) is 49.5 Å². The van der Waals surface area contributed by atoms with Crippen LogP contribution in [0.2, 0.25) is 0 Å². The predicted octanol–water partition coefficient (Wildman–Crippen LogP) is 12.3. The van der Waals surface area contributed by atoms with E-state index in [0.29, 0.717) is 41.1 Å². The molecule has 4 rings (SSSR count). The number of allylic oxidation sites excluding steroid dienone is 3. The molecule has 3 aromatic rings. The molecule has 55 heavy (non-hydrogen) atoms. The Balaban J connectivity index is 0.000000413. The molecule has 1 aliphatic rings. The summed E-state index contributed by atoms with van der Waals surface area (Å²) in [5, 5.41) is 8.77. The highest BCUT2D eigenvalue weighted by molar-refractivity contribution is 5.78. The van der Waals surface area contributed by atoms with E-state index in [4.69, 9.17) is 19.6 Å². The topological polar surface area (TPSA) is 93.5 Å².